The molecule has 0 aliphatic heterocycles. The Morgan fingerprint density at radius 3 is 2.82 bits per heavy atom. The number of aromatic amines is 1. The van der Waals surface area contributed by atoms with Gasteiger partial charge in [0.1, 0.15) is 0 Å². The molecule has 2 heterocycles. The number of H-pyrrole nitrogens is 1. The van der Waals surface area contributed by atoms with E-state index in [-0.39, 0.29) is 0 Å². The standard InChI is InChI=1S/C17H14N4S/c18-12-6-8-15-16(9-12)21-17(20-15)22-10-13-7-5-11-3-1-2-4-14(11)19-13/h1-9H,10,18H2,(H,20,21). The molecule has 5 heteroatoms. The summed E-state index contributed by atoms with van der Waals surface area (Å²) in [5.74, 6) is 0.778. The van der Waals surface area contributed by atoms with Gasteiger partial charge in [0.15, 0.2) is 5.16 Å². The van der Waals surface area contributed by atoms with Crippen molar-refractivity contribution < 1.29 is 0 Å². The van der Waals surface area contributed by atoms with Crippen LogP contribution in [-0.4, -0.2) is 15.0 Å². The first-order valence-electron chi connectivity index (χ1n) is 7.01. The number of nitrogens with two attached hydrogens (primary N) is 1. The molecule has 0 saturated heterocycles. The number of rotatable bonds is 3. The number of fused-ring (bicyclic) bond motifs is 2. The van der Waals surface area contributed by atoms with Crippen molar-refractivity contribution in [2.45, 2.75) is 10.9 Å². The van der Waals surface area contributed by atoms with Crippen LogP contribution in [0, 0.1) is 0 Å². The first-order chi connectivity index (χ1) is 10.8. The third-order valence-corrected chi connectivity index (χ3v) is 4.40. The van der Waals surface area contributed by atoms with E-state index in [1.54, 1.807) is 11.8 Å². The minimum atomic E-state index is 0.740. The average molecular weight is 306 g/mol. The molecule has 0 fully saturated rings. The minimum Gasteiger partial charge on any atom is -0.399 e. The first kappa shape index (κ1) is 13.2. The summed E-state index contributed by atoms with van der Waals surface area (Å²) in [6.45, 7) is 0. The Hall–Kier alpha value is -2.53. The van der Waals surface area contributed by atoms with Crippen LogP contribution in [-0.2, 0) is 5.75 Å². The lowest BCUT2D eigenvalue weighted by molar-refractivity contribution is 1.07. The van der Waals surface area contributed by atoms with Gasteiger partial charge in [-0.25, -0.2) is 4.98 Å². The van der Waals surface area contributed by atoms with Gasteiger partial charge in [-0.1, -0.05) is 36.0 Å². The van der Waals surface area contributed by atoms with E-state index in [4.69, 9.17) is 5.73 Å². The maximum absolute atomic E-state index is 5.79. The van der Waals surface area contributed by atoms with Crippen molar-refractivity contribution >= 4 is 39.4 Å². The van der Waals surface area contributed by atoms with Crippen molar-refractivity contribution in [1.82, 2.24) is 15.0 Å². The van der Waals surface area contributed by atoms with Gasteiger partial charge >= 0.3 is 0 Å². The van der Waals surface area contributed by atoms with Gasteiger partial charge in [0, 0.05) is 16.8 Å². The minimum absolute atomic E-state index is 0.740. The van der Waals surface area contributed by atoms with Crippen LogP contribution in [0.25, 0.3) is 21.9 Å². The monoisotopic (exact) mass is 306 g/mol. The van der Waals surface area contributed by atoms with Crippen LogP contribution in [0.3, 0.4) is 0 Å². The van der Waals surface area contributed by atoms with Crippen molar-refractivity contribution in [3.8, 4) is 0 Å². The molecule has 0 unspecified atom stereocenters. The molecule has 4 nitrogen and oxygen atoms in total. The van der Waals surface area contributed by atoms with Gasteiger partial charge in [-0.05, 0) is 30.3 Å². The normalized spacial score (nSPS) is 11.3. The zero-order valence-electron chi connectivity index (χ0n) is 11.8. The van der Waals surface area contributed by atoms with E-state index in [1.165, 1.54) is 0 Å². The number of nitrogens with one attached hydrogen (secondary N) is 1. The maximum atomic E-state index is 5.79. The van der Waals surface area contributed by atoms with Crippen LogP contribution in [0.2, 0.25) is 0 Å². The van der Waals surface area contributed by atoms with Gasteiger partial charge in [-0.3, -0.25) is 4.98 Å². The fourth-order valence-corrected chi connectivity index (χ4v) is 3.19. The van der Waals surface area contributed by atoms with E-state index in [0.717, 1.165) is 44.2 Å². The number of pyridine rings is 1. The summed E-state index contributed by atoms with van der Waals surface area (Å²) in [6, 6.07) is 18.0. The average Bonchev–Trinajstić information content (AvgIpc) is 2.94. The van der Waals surface area contributed by atoms with E-state index < -0.39 is 0 Å². The summed E-state index contributed by atoms with van der Waals surface area (Å²) < 4.78 is 0. The van der Waals surface area contributed by atoms with Crippen molar-refractivity contribution in [3.05, 3.63) is 60.3 Å². The van der Waals surface area contributed by atoms with Crippen LogP contribution in [0.1, 0.15) is 5.69 Å². The molecule has 0 saturated carbocycles. The molecule has 0 radical (unpaired) electrons. The second-order valence-electron chi connectivity index (χ2n) is 5.10. The topological polar surface area (TPSA) is 67.6 Å². The number of hydrogen-bond donors (Lipinski definition) is 2. The molecule has 0 spiro atoms. The number of hydrogen-bond acceptors (Lipinski definition) is 4. The zero-order valence-corrected chi connectivity index (χ0v) is 12.6. The fourth-order valence-electron chi connectivity index (χ4n) is 2.40. The highest BCUT2D eigenvalue weighted by Gasteiger charge is 2.05. The number of imidazole rings is 1. The number of nitrogens with zero attached hydrogens (tertiary/aromatic N) is 2. The number of anilines is 1. The van der Waals surface area contributed by atoms with Crippen LogP contribution < -0.4 is 5.73 Å². The van der Waals surface area contributed by atoms with Crippen molar-refractivity contribution in [1.29, 1.82) is 0 Å². The Bertz CT molecular complexity index is 961. The summed E-state index contributed by atoms with van der Waals surface area (Å²) >= 11 is 1.64. The molecule has 3 N–H and O–H groups in total. The Morgan fingerprint density at radius 2 is 1.86 bits per heavy atom. The first-order valence-corrected chi connectivity index (χ1v) is 7.99. The van der Waals surface area contributed by atoms with Crippen LogP contribution in [0.4, 0.5) is 5.69 Å². The van der Waals surface area contributed by atoms with Crippen molar-refractivity contribution in [3.63, 3.8) is 0 Å². The zero-order chi connectivity index (χ0) is 14.9. The smallest absolute Gasteiger partial charge is 0.166 e. The molecule has 0 amide bonds. The van der Waals surface area contributed by atoms with E-state index >= 15 is 0 Å². The third kappa shape index (κ3) is 2.51. The predicted molar refractivity (Wildman–Crippen MR) is 91.8 cm³/mol. The Labute approximate surface area is 131 Å². The number of nitrogen functional groups attached to an aromatic ring is 1. The van der Waals surface area contributed by atoms with E-state index in [9.17, 15) is 0 Å². The lowest BCUT2D eigenvalue weighted by Crippen LogP contribution is -1.88. The van der Waals surface area contributed by atoms with Gasteiger partial charge in [-0.2, -0.15) is 0 Å². The molecule has 0 atom stereocenters. The SMILES string of the molecule is Nc1ccc2nc(SCc3ccc4ccccc4n3)[nH]c2c1. The second kappa shape index (κ2) is 5.35. The summed E-state index contributed by atoms with van der Waals surface area (Å²) in [7, 11) is 0. The number of thioether (sulfide) groups is 1. The van der Waals surface area contributed by atoms with E-state index in [0.29, 0.717) is 0 Å². The highest BCUT2D eigenvalue weighted by molar-refractivity contribution is 7.98. The van der Waals surface area contributed by atoms with Crippen LogP contribution in [0.15, 0.2) is 59.8 Å². The highest BCUT2D eigenvalue weighted by Crippen LogP contribution is 2.24. The number of aromatic nitrogens is 3. The lowest BCUT2D eigenvalue weighted by Gasteiger charge is -2.01. The Morgan fingerprint density at radius 1 is 0.955 bits per heavy atom. The fraction of sp³-hybridized carbons (Fsp3) is 0.0588. The molecular formula is C17H14N4S. The summed E-state index contributed by atoms with van der Waals surface area (Å²) in [4.78, 5) is 12.5. The van der Waals surface area contributed by atoms with E-state index in [2.05, 4.69) is 33.2 Å². The number of benzene rings is 2. The lowest BCUT2D eigenvalue weighted by atomic mass is 10.2. The second-order valence-corrected chi connectivity index (χ2v) is 6.07. The molecule has 108 valence electrons. The molecule has 0 aliphatic carbocycles. The maximum Gasteiger partial charge on any atom is 0.166 e. The molecule has 0 aliphatic rings. The Kier molecular flexibility index (Phi) is 3.20. The van der Waals surface area contributed by atoms with Gasteiger partial charge in [-0.15, -0.1) is 0 Å². The highest BCUT2D eigenvalue weighted by atomic mass is 32.2. The molecule has 0 bridgehead atoms. The largest absolute Gasteiger partial charge is 0.399 e. The molecule has 4 aromatic rings. The number of para-hydroxylation sites is 1. The van der Waals surface area contributed by atoms with Gasteiger partial charge in [0.25, 0.3) is 0 Å². The van der Waals surface area contributed by atoms with Crippen molar-refractivity contribution in [2.24, 2.45) is 0 Å². The van der Waals surface area contributed by atoms with Gasteiger partial charge in [0.05, 0.1) is 22.2 Å². The van der Waals surface area contributed by atoms with Gasteiger partial charge < -0.3 is 10.7 Å². The predicted octanol–water partition coefficient (Wildman–Crippen LogP) is 3.99. The molecule has 22 heavy (non-hydrogen) atoms. The van der Waals surface area contributed by atoms with Crippen LogP contribution >= 0.6 is 11.8 Å². The molecule has 4 rings (SSSR count). The van der Waals surface area contributed by atoms with Gasteiger partial charge in [0.2, 0.25) is 0 Å². The quantitative estimate of drug-likeness (QED) is 0.444. The van der Waals surface area contributed by atoms with E-state index in [1.807, 2.05) is 36.4 Å². The third-order valence-electron chi connectivity index (χ3n) is 3.50. The van der Waals surface area contributed by atoms with Crippen molar-refractivity contribution in [2.75, 3.05) is 5.73 Å². The Balaban J connectivity index is 1.56. The summed E-state index contributed by atoms with van der Waals surface area (Å²) in [5.41, 5.74) is 10.5. The molecular weight excluding hydrogens is 292 g/mol. The molecule has 2 aromatic carbocycles. The summed E-state index contributed by atoms with van der Waals surface area (Å²) in [5, 5.41) is 2.05. The van der Waals surface area contributed by atoms with Crippen LogP contribution in [0.5, 0.6) is 0 Å². The summed E-state index contributed by atoms with van der Waals surface area (Å²) in [6.07, 6.45) is 0. The molecule has 2 aromatic heterocycles.